The van der Waals surface area contributed by atoms with Crippen molar-refractivity contribution in [1.82, 2.24) is 15.7 Å². The molecule has 9 nitrogen and oxygen atoms in total. The van der Waals surface area contributed by atoms with Gasteiger partial charge in [-0.3, -0.25) is 10.0 Å². The zero-order valence-corrected chi connectivity index (χ0v) is 21.6. The molecule has 0 unspecified atom stereocenters. The van der Waals surface area contributed by atoms with Crippen molar-refractivity contribution in [2.45, 2.75) is 37.6 Å². The van der Waals surface area contributed by atoms with Crippen molar-refractivity contribution in [2.75, 3.05) is 33.1 Å². The van der Waals surface area contributed by atoms with E-state index >= 15 is 0 Å². The van der Waals surface area contributed by atoms with Gasteiger partial charge >= 0.3 is 0 Å². The van der Waals surface area contributed by atoms with Crippen LogP contribution in [0.25, 0.3) is 11.1 Å². The number of hydrogen-bond acceptors (Lipinski definition) is 8. The number of benzene rings is 2. The van der Waals surface area contributed by atoms with Crippen molar-refractivity contribution < 1.29 is 27.5 Å². The van der Waals surface area contributed by atoms with Gasteiger partial charge in [0.15, 0.2) is 14.6 Å². The molecule has 1 amide bonds. The van der Waals surface area contributed by atoms with E-state index in [0.717, 1.165) is 30.3 Å². The van der Waals surface area contributed by atoms with Crippen LogP contribution in [0.3, 0.4) is 0 Å². The summed E-state index contributed by atoms with van der Waals surface area (Å²) in [5, 5.41) is 12.3. The van der Waals surface area contributed by atoms with Gasteiger partial charge in [-0.1, -0.05) is 24.3 Å². The zero-order valence-electron chi connectivity index (χ0n) is 20.8. The van der Waals surface area contributed by atoms with Crippen LogP contribution in [0, 0.1) is 5.82 Å². The smallest absolute Gasteiger partial charge is 0.264 e. The topological polar surface area (TPSA) is 120 Å². The van der Waals surface area contributed by atoms with E-state index in [1.54, 1.807) is 24.4 Å². The second kappa shape index (κ2) is 11.9. The molecule has 0 bridgehead atoms. The Labute approximate surface area is 211 Å². The lowest BCUT2D eigenvalue weighted by atomic mass is 9.99. The molecular formula is C25H33FN4O5S. The molecule has 0 aliphatic carbocycles. The van der Waals surface area contributed by atoms with Gasteiger partial charge in [0.05, 0.1) is 12.0 Å². The lowest BCUT2D eigenvalue weighted by Crippen LogP contribution is -2.50. The number of hydroxylamine groups is 1. The van der Waals surface area contributed by atoms with Gasteiger partial charge in [-0.15, -0.1) is 0 Å². The number of nitrogens with zero attached hydrogens (tertiary/aromatic N) is 2. The Morgan fingerprint density at radius 1 is 1.28 bits per heavy atom. The number of hydrogen-bond donors (Lipinski definition) is 3. The molecule has 0 aromatic heterocycles. The Kier molecular flexibility index (Phi) is 9.18. The molecule has 1 heterocycles. The first kappa shape index (κ1) is 27.7. The molecule has 196 valence electrons. The maximum atomic E-state index is 14.9. The zero-order chi connectivity index (χ0) is 26.3. The average molecular weight is 521 g/mol. The van der Waals surface area contributed by atoms with E-state index in [9.17, 15) is 17.6 Å². The summed E-state index contributed by atoms with van der Waals surface area (Å²) in [6.45, 7) is 4.02. The second-order valence-electron chi connectivity index (χ2n) is 9.09. The third-order valence-electron chi connectivity index (χ3n) is 6.47. The van der Waals surface area contributed by atoms with Gasteiger partial charge in [0.2, 0.25) is 0 Å². The summed E-state index contributed by atoms with van der Waals surface area (Å²) < 4.78 is 42.5. The molecule has 0 radical (unpaired) electrons. The van der Waals surface area contributed by atoms with Crippen molar-refractivity contribution in [3.8, 4) is 11.1 Å². The van der Waals surface area contributed by atoms with Crippen LogP contribution in [0.2, 0.25) is 0 Å². The van der Waals surface area contributed by atoms with Crippen molar-refractivity contribution in [3.05, 3.63) is 53.3 Å². The minimum atomic E-state index is -3.78. The highest BCUT2D eigenvalue weighted by Gasteiger charge is 2.43. The van der Waals surface area contributed by atoms with E-state index in [1.807, 2.05) is 24.3 Å². The molecule has 3 N–H and O–H groups in total. The third-order valence-corrected chi connectivity index (χ3v) is 8.50. The molecular weight excluding hydrogens is 487 g/mol. The van der Waals surface area contributed by atoms with Crippen LogP contribution in [0.5, 0.6) is 0 Å². The van der Waals surface area contributed by atoms with E-state index in [-0.39, 0.29) is 18.8 Å². The number of carbonyl (C=O) groups is 1. The first-order chi connectivity index (χ1) is 17.1. The number of nitrogens with one attached hydrogen (secondary N) is 2. The highest BCUT2D eigenvalue weighted by atomic mass is 32.2. The lowest BCUT2D eigenvalue weighted by molar-refractivity contribution is -0.131. The molecule has 3 rings (SSSR count). The van der Waals surface area contributed by atoms with E-state index in [4.69, 9.17) is 9.94 Å². The van der Waals surface area contributed by atoms with Crippen LogP contribution in [-0.4, -0.2) is 68.6 Å². The van der Waals surface area contributed by atoms with Gasteiger partial charge in [-0.05, 0) is 55.1 Å². The Morgan fingerprint density at radius 2 is 2.06 bits per heavy atom. The summed E-state index contributed by atoms with van der Waals surface area (Å²) in [6.07, 6.45) is 3.41. The van der Waals surface area contributed by atoms with Crippen molar-refractivity contribution in [3.63, 3.8) is 0 Å². The van der Waals surface area contributed by atoms with Crippen LogP contribution in [0.1, 0.15) is 30.9 Å². The highest BCUT2D eigenvalue weighted by molar-refractivity contribution is 7.92. The minimum Gasteiger partial charge on any atom is -0.385 e. The molecule has 11 heteroatoms. The fraction of sp³-hybridized carbons (Fsp3) is 0.440. The first-order valence-corrected chi connectivity index (χ1v) is 13.5. The normalized spacial score (nSPS) is 14.9. The monoisotopic (exact) mass is 520 g/mol. The van der Waals surface area contributed by atoms with Gasteiger partial charge in [-0.25, -0.2) is 23.3 Å². The number of halogens is 1. The minimum absolute atomic E-state index is 0.0313. The number of rotatable bonds is 12. The predicted octanol–water partition coefficient (Wildman–Crippen LogP) is 2.79. The van der Waals surface area contributed by atoms with Gasteiger partial charge in [-0.2, -0.15) is 0 Å². The molecule has 0 spiro atoms. The SMILES string of the molecule is COCCCNCc1ccc(-c2ccc3c(c2)N=CN(CC[C@](C)(C(=O)NO)S(C)(=O)=O)C3)c(F)c1. The summed E-state index contributed by atoms with van der Waals surface area (Å²) in [7, 11) is -2.12. The van der Waals surface area contributed by atoms with Gasteiger partial charge < -0.3 is 15.0 Å². The summed E-state index contributed by atoms with van der Waals surface area (Å²) in [5.74, 6) is -1.28. The standard InChI is InChI=1S/C25H33FN4O5S/c1-25(24(31)29-32,36(3,33)34)9-11-30-16-20-7-6-19(14-23(20)28-17-30)21-8-5-18(13-22(21)26)15-27-10-4-12-35-2/h5-8,13-14,17,27,32H,4,9-12,15-16H2,1-3H3,(H,29,31)/t25-/m1/s1. The molecule has 1 aliphatic rings. The molecule has 0 saturated heterocycles. The quantitative estimate of drug-likeness (QED) is 0.224. The Hall–Kier alpha value is -2.86. The Balaban J connectivity index is 1.67. The van der Waals surface area contributed by atoms with Gasteiger partial charge in [0.25, 0.3) is 5.91 Å². The Bertz CT molecular complexity index is 1220. The number of amides is 1. The summed E-state index contributed by atoms with van der Waals surface area (Å²) in [4.78, 5) is 18.3. The Morgan fingerprint density at radius 3 is 2.72 bits per heavy atom. The lowest BCUT2D eigenvalue weighted by Gasteiger charge is -2.30. The number of carbonyl (C=O) groups excluding carboxylic acids is 1. The second-order valence-corrected chi connectivity index (χ2v) is 11.5. The van der Waals surface area contributed by atoms with Crippen LogP contribution in [0.4, 0.5) is 10.1 Å². The van der Waals surface area contributed by atoms with Crippen LogP contribution < -0.4 is 10.8 Å². The number of sulfone groups is 1. The summed E-state index contributed by atoms with van der Waals surface area (Å²) in [5.41, 5.74) is 5.10. The molecule has 0 saturated carbocycles. The van der Waals surface area contributed by atoms with Crippen molar-refractivity contribution in [2.24, 2.45) is 4.99 Å². The molecule has 1 atom stereocenters. The fourth-order valence-electron chi connectivity index (χ4n) is 3.94. The van der Waals surface area contributed by atoms with Crippen LogP contribution in [0.15, 0.2) is 41.4 Å². The van der Waals surface area contributed by atoms with E-state index in [1.165, 1.54) is 18.5 Å². The average Bonchev–Trinajstić information content (AvgIpc) is 2.85. The number of aliphatic imine (C=N–C) groups is 1. The predicted molar refractivity (Wildman–Crippen MR) is 136 cm³/mol. The van der Waals surface area contributed by atoms with Crippen molar-refractivity contribution >= 4 is 27.8 Å². The fourth-order valence-corrected chi connectivity index (χ4v) is 4.79. The summed E-state index contributed by atoms with van der Waals surface area (Å²) in [6, 6.07) is 10.7. The molecule has 36 heavy (non-hydrogen) atoms. The number of fused-ring (bicyclic) bond motifs is 1. The maximum absolute atomic E-state index is 14.9. The number of ether oxygens (including phenoxy) is 1. The third kappa shape index (κ3) is 6.47. The van der Waals surface area contributed by atoms with Gasteiger partial charge in [0, 0.05) is 45.2 Å². The van der Waals surface area contributed by atoms with E-state index in [0.29, 0.717) is 36.5 Å². The van der Waals surface area contributed by atoms with E-state index in [2.05, 4.69) is 10.3 Å². The van der Waals surface area contributed by atoms with Crippen molar-refractivity contribution in [1.29, 1.82) is 0 Å². The molecule has 1 aliphatic heterocycles. The summed E-state index contributed by atoms with van der Waals surface area (Å²) >= 11 is 0. The first-order valence-electron chi connectivity index (χ1n) is 11.6. The van der Waals surface area contributed by atoms with Gasteiger partial charge in [0.1, 0.15) is 5.82 Å². The highest BCUT2D eigenvalue weighted by Crippen LogP contribution is 2.32. The number of methoxy groups -OCH3 is 1. The molecule has 2 aromatic carbocycles. The largest absolute Gasteiger partial charge is 0.385 e. The maximum Gasteiger partial charge on any atom is 0.264 e. The molecule has 0 fully saturated rings. The molecule has 2 aromatic rings. The van der Waals surface area contributed by atoms with Crippen LogP contribution in [-0.2, 0) is 32.5 Å². The van der Waals surface area contributed by atoms with E-state index < -0.39 is 20.5 Å². The van der Waals surface area contributed by atoms with Crippen LogP contribution >= 0.6 is 0 Å².